The summed E-state index contributed by atoms with van der Waals surface area (Å²) in [6.07, 6.45) is 0.508. The summed E-state index contributed by atoms with van der Waals surface area (Å²) in [5.41, 5.74) is 0.487. The van der Waals surface area contributed by atoms with Gasteiger partial charge < -0.3 is 15.2 Å². The lowest BCUT2D eigenvalue weighted by Crippen LogP contribution is -2.22. The van der Waals surface area contributed by atoms with Crippen LogP contribution in [-0.4, -0.2) is 29.2 Å². The van der Waals surface area contributed by atoms with E-state index in [1.54, 1.807) is 13.8 Å². The summed E-state index contributed by atoms with van der Waals surface area (Å²) in [6.45, 7) is 4.11. The van der Waals surface area contributed by atoms with E-state index in [0.29, 0.717) is 18.7 Å². The third-order valence-corrected chi connectivity index (χ3v) is 2.85. The zero-order valence-electron chi connectivity index (χ0n) is 11.5. The lowest BCUT2D eigenvalue weighted by molar-refractivity contribution is -0.385. The normalized spacial score (nSPS) is 11.7. The minimum absolute atomic E-state index is 0.109. The van der Waals surface area contributed by atoms with Crippen LogP contribution in [0.4, 0.5) is 11.4 Å². The minimum Gasteiger partial charge on any atom is -0.487 e. The second-order valence-corrected chi connectivity index (χ2v) is 4.20. The van der Waals surface area contributed by atoms with E-state index in [9.17, 15) is 14.9 Å². The number of anilines is 1. The molecule has 0 aliphatic rings. The Bertz CT molecular complexity index is 490. The topological polar surface area (TPSA) is 102 Å². The monoisotopic (exact) mass is 282 g/mol. The first kappa shape index (κ1) is 15.7. The van der Waals surface area contributed by atoms with Crippen LogP contribution < -0.4 is 10.1 Å². The van der Waals surface area contributed by atoms with Crippen molar-refractivity contribution >= 4 is 17.3 Å². The summed E-state index contributed by atoms with van der Waals surface area (Å²) >= 11 is 0. The molecule has 0 fully saturated rings. The minimum atomic E-state index is -0.869. The van der Waals surface area contributed by atoms with Gasteiger partial charge >= 0.3 is 11.7 Å². The van der Waals surface area contributed by atoms with Gasteiger partial charge in [0.25, 0.3) is 0 Å². The van der Waals surface area contributed by atoms with Crippen molar-refractivity contribution in [3.63, 3.8) is 0 Å². The molecule has 0 aliphatic heterocycles. The average Bonchev–Trinajstić information content (AvgIpc) is 2.39. The van der Waals surface area contributed by atoms with Gasteiger partial charge in [-0.1, -0.05) is 6.92 Å². The molecule has 1 unspecified atom stereocenters. The Kier molecular flexibility index (Phi) is 5.76. The van der Waals surface area contributed by atoms with E-state index < -0.39 is 16.8 Å². The zero-order valence-corrected chi connectivity index (χ0v) is 11.5. The predicted octanol–water partition coefficient (Wildman–Crippen LogP) is 2.52. The number of hydrogen-bond acceptors (Lipinski definition) is 5. The zero-order chi connectivity index (χ0) is 15.1. The van der Waals surface area contributed by atoms with Crippen molar-refractivity contribution in [3.05, 3.63) is 28.3 Å². The SMILES string of the molecule is CCOc1cc(NCC(CC)C(=O)O)ccc1[N+](=O)[O-]. The van der Waals surface area contributed by atoms with Gasteiger partial charge in [0.15, 0.2) is 5.75 Å². The van der Waals surface area contributed by atoms with E-state index in [-0.39, 0.29) is 18.0 Å². The fraction of sp³-hybridized carbons (Fsp3) is 0.462. The van der Waals surface area contributed by atoms with Crippen LogP contribution >= 0.6 is 0 Å². The molecule has 0 spiro atoms. The lowest BCUT2D eigenvalue weighted by Gasteiger charge is -2.13. The molecular formula is C13H18N2O5. The molecule has 7 heteroatoms. The van der Waals surface area contributed by atoms with Crippen LogP contribution in [0.1, 0.15) is 20.3 Å². The fourth-order valence-corrected chi connectivity index (χ4v) is 1.69. The Morgan fingerprint density at radius 3 is 2.70 bits per heavy atom. The Morgan fingerprint density at radius 2 is 2.20 bits per heavy atom. The molecule has 110 valence electrons. The molecule has 0 heterocycles. The molecule has 1 aromatic rings. The van der Waals surface area contributed by atoms with Crippen molar-refractivity contribution in [2.45, 2.75) is 20.3 Å². The summed E-state index contributed by atoms with van der Waals surface area (Å²) < 4.78 is 5.22. The molecule has 0 aliphatic carbocycles. The van der Waals surface area contributed by atoms with Crippen LogP contribution in [0.25, 0.3) is 0 Å². The highest BCUT2D eigenvalue weighted by Gasteiger charge is 2.17. The maximum absolute atomic E-state index is 10.9. The van der Waals surface area contributed by atoms with Crippen LogP contribution in [-0.2, 0) is 4.79 Å². The maximum Gasteiger partial charge on any atom is 0.311 e. The molecule has 1 aromatic carbocycles. The second kappa shape index (κ2) is 7.32. The number of ether oxygens (including phenoxy) is 1. The molecule has 1 rings (SSSR count). The second-order valence-electron chi connectivity index (χ2n) is 4.20. The van der Waals surface area contributed by atoms with Crippen molar-refractivity contribution in [1.29, 1.82) is 0 Å². The van der Waals surface area contributed by atoms with Crippen LogP contribution in [0.5, 0.6) is 5.75 Å². The molecule has 20 heavy (non-hydrogen) atoms. The van der Waals surface area contributed by atoms with Gasteiger partial charge in [0, 0.05) is 24.4 Å². The lowest BCUT2D eigenvalue weighted by atomic mass is 10.1. The van der Waals surface area contributed by atoms with Gasteiger partial charge in [-0.25, -0.2) is 0 Å². The largest absolute Gasteiger partial charge is 0.487 e. The Hall–Kier alpha value is -2.31. The standard InChI is InChI=1S/C13H18N2O5/c1-3-9(13(16)17)8-14-10-5-6-11(15(18)19)12(7-10)20-4-2/h5-7,9,14H,3-4,8H2,1-2H3,(H,16,17). The van der Waals surface area contributed by atoms with Gasteiger partial charge in [-0.05, 0) is 19.4 Å². The van der Waals surface area contributed by atoms with Crippen molar-refractivity contribution in [2.75, 3.05) is 18.5 Å². The highest BCUT2D eigenvalue weighted by molar-refractivity contribution is 5.71. The summed E-state index contributed by atoms with van der Waals surface area (Å²) in [5.74, 6) is -1.20. The molecule has 1 atom stereocenters. The number of nitrogens with zero attached hydrogens (tertiary/aromatic N) is 1. The van der Waals surface area contributed by atoms with Gasteiger partial charge in [-0.2, -0.15) is 0 Å². The van der Waals surface area contributed by atoms with Crippen LogP contribution in [0.2, 0.25) is 0 Å². The molecule has 0 amide bonds. The number of rotatable bonds is 8. The number of hydrogen-bond donors (Lipinski definition) is 2. The summed E-state index contributed by atoms with van der Waals surface area (Å²) in [4.78, 5) is 21.2. The molecule has 0 bridgehead atoms. The van der Waals surface area contributed by atoms with E-state index in [1.165, 1.54) is 18.2 Å². The van der Waals surface area contributed by atoms with Crippen LogP contribution in [0.3, 0.4) is 0 Å². The van der Waals surface area contributed by atoms with E-state index in [0.717, 1.165) is 0 Å². The average molecular weight is 282 g/mol. The number of benzene rings is 1. The number of nitro groups is 1. The quantitative estimate of drug-likeness (QED) is 0.561. The molecule has 2 N–H and O–H groups in total. The van der Waals surface area contributed by atoms with Gasteiger partial charge in [-0.15, -0.1) is 0 Å². The Labute approximate surface area is 116 Å². The third-order valence-electron chi connectivity index (χ3n) is 2.85. The highest BCUT2D eigenvalue weighted by atomic mass is 16.6. The Balaban J connectivity index is 2.84. The number of carboxylic acid groups (broad SMARTS) is 1. The number of aliphatic carboxylic acids is 1. The first-order valence-electron chi connectivity index (χ1n) is 6.37. The number of carbonyl (C=O) groups is 1. The van der Waals surface area contributed by atoms with Crippen molar-refractivity contribution in [3.8, 4) is 5.75 Å². The smallest absolute Gasteiger partial charge is 0.311 e. The third kappa shape index (κ3) is 4.11. The fourth-order valence-electron chi connectivity index (χ4n) is 1.69. The van der Waals surface area contributed by atoms with E-state index >= 15 is 0 Å². The first-order chi connectivity index (χ1) is 9.49. The summed E-state index contributed by atoms with van der Waals surface area (Å²) in [6, 6.07) is 4.39. The number of carboxylic acids is 1. The molecule has 0 radical (unpaired) electrons. The van der Waals surface area contributed by atoms with Crippen molar-refractivity contribution in [2.24, 2.45) is 5.92 Å². The summed E-state index contributed by atoms with van der Waals surface area (Å²) in [5, 5.41) is 22.7. The van der Waals surface area contributed by atoms with Crippen molar-refractivity contribution < 1.29 is 19.6 Å². The number of nitrogens with one attached hydrogen (secondary N) is 1. The Morgan fingerprint density at radius 1 is 1.50 bits per heavy atom. The van der Waals surface area contributed by atoms with E-state index in [4.69, 9.17) is 9.84 Å². The number of nitro benzene ring substituents is 1. The first-order valence-corrected chi connectivity index (χ1v) is 6.37. The van der Waals surface area contributed by atoms with Crippen molar-refractivity contribution in [1.82, 2.24) is 0 Å². The van der Waals surface area contributed by atoms with Crippen LogP contribution in [0.15, 0.2) is 18.2 Å². The molecule has 0 aromatic heterocycles. The van der Waals surface area contributed by atoms with Gasteiger partial charge in [0.1, 0.15) is 0 Å². The molecule has 0 saturated carbocycles. The molecule has 7 nitrogen and oxygen atoms in total. The molecular weight excluding hydrogens is 264 g/mol. The van der Waals surface area contributed by atoms with Gasteiger partial charge in [-0.3, -0.25) is 14.9 Å². The van der Waals surface area contributed by atoms with Gasteiger partial charge in [0.2, 0.25) is 0 Å². The van der Waals surface area contributed by atoms with E-state index in [2.05, 4.69) is 5.32 Å². The van der Waals surface area contributed by atoms with E-state index in [1.807, 2.05) is 0 Å². The summed E-state index contributed by atoms with van der Waals surface area (Å²) in [7, 11) is 0. The van der Waals surface area contributed by atoms with Gasteiger partial charge in [0.05, 0.1) is 17.4 Å². The highest BCUT2D eigenvalue weighted by Crippen LogP contribution is 2.30. The molecule has 0 saturated heterocycles. The predicted molar refractivity (Wildman–Crippen MR) is 74.2 cm³/mol. The maximum atomic E-state index is 10.9. The van der Waals surface area contributed by atoms with Crippen LogP contribution in [0, 0.1) is 16.0 Å².